The van der Waals surface area contributed by atoms with Crippen LogP contribution in [0.4, 0.5) is 16.2 Å². The van der Waals surface area contributed by atoms with Gasteiger partial charge >= 0.3 is 6.09 Å². The predicted octanol–water partition coefficient (Wildman–Crippen LogP) is 4.70. The van der Waals surface area contributed by atoms with Gasteiger partial charge in [-0.2, -0.15) is 4.68 Å². The summed E-state index contributed by atoms with van der Waals surface area (Å²) in [5.74, 6) is 0.0349. The van der Waals surface area contributed by atoms with Crippen LogP contribution in [0, 0.1) is 0 Å². The molecule has 2 aromatic carbocycles. The van der Waals surface area contributed by atoms with E-state index in [1.165, 1.54) is 30.4 Å². The van der Waals surface area contributed by atoms with Crippen molar-refractivity contribution in [2.24, 2.45) is 0 Å². The van der Waals surface area contributed by atoms with E-state index in [-0.39, 0.29) is 18.2 Å². The van der Waals surface area contributed by atoms with Gasteiger partial charge in [0.15, 0.2) is 5.76 Å². The third-order valence-corrected chi connectivity index (χ3v) is 6.46. The quantitative estimate of drug-likeness (QED) is 0.221. The van der Waals surface area contributed by atoms with E-state index in [0.29, 0.717) is 57.7 Å². The Balaban J connectivity index is 1.40. The molecule has 214 valence electrons. The lowest BCUT2D eigenvalue weighted by molar-refractivity contribution is -0.117. The van der Waals surface area contributed by atoms with Crippen LogP contribution in [-0.2, 0) is 14.3 Å². The average Bonchev–Trinajstić information content (AvgIpc) is 3.68. The maximum atomic E-state index is 13.0. The molecule has 4 aromatic rings. The lowest BCUT2D eigenvalue weighted by Gasteiger charge is -2.14. The Morgan fingerprint density at radius 2 is 2.10 bits per heavy atom. The number of aromatic nitrogens is 5. The Bertz CT molecular complexity index is 1660. The first-order chi connectivity index (χ1) is 20.4. The minimum absolute atomic E-state index is 0.137. The van der Waals surface area contributed by atoms with Crippen molar-refractivity contribution in [2.75, 3.05) is 17.7 Å². The molecule has 3 amide bonds. The highest BCUT2D eigenvalue weighted by Gasteiger charge is 2.21. The van der Waals surface area contributed by atoms with E-state index in [1.54, 1.807) is 48.6 Å². The maximum Gasteiger partial charge on any atom is 0.411 e. The van der Waals surface area contributed by atoms with Gasteiger partial charge in [-0.1, -0.05) is 23.8 Å². The zero-order valence-corrected chi connectivity index (χ0v) is 23.0. The number of methoxy groups -OCH3 is 1. The molecule has 0 aliphatic carbocycles. The van der Waals surface area contributed by atoms with Crippen molar-refractivity contribution in [2.45, 2.75) is 25.3 Å². The van der Waals surface area contributed by atoms with E-state index in [9.17, 15) is 14.4 Å². The first-order valence-electron chi connectivity index (χ1n) is 12.8. The van der Waals surface area contributed by atoms with E-state index in [0.717, 1.165) is 0 Å². The molecule has 3 N–H and O–H groups in total. The Labute approximate surface area is 244 Å². The zero-order chi connectivity index (χ0) is 29.5. The summed E-state index contributed by atoms with van der Waals surface area (Å²) in [4.78, 5) is 41.8. The number of anilines is 2. The van der Waals surface area contributed by atoms with Crippen molar-refractivity contribution >= 4 is 47.0 Å². The monoisotopic (exact) mass is 588 g/mol. The van der Waals surface area contributed by atoms with Crippen molar-refractivity contribution in [1.82, 2.24) is 30.5 Å². The van der Waals surface area contributed by atoms with Crippen molar-refractivity contribution in [3.63, 3.8) is 0 Å². The highest BCUT2D eigenvalue weighted by molar-refractivity contribution is 6.30. The number of tetrazole rings is 1. The Hall–Kier alpha value is -5.30. The van der Waals surface area contributed by atoms with Crippen LogP contribution in [0.25, 0.3) is 23.1 Å². The second kappa shape index (κ2) is 12.9. The predicted molar refractivity (Wildman–Crippen MR) is 154 cm³/mol. The van der Waals surface area contributed by atoms with Gasteiger partial charge in [0.25, 0.3) is 0 Å². The molecular formula is C28H25ClN8O5. The Morgan fingerprint density at radius 1 is 1.21 bits per heavy atom. The van der Waals surface area contributed by atoms with Crippen LogP contribution in [0.3, 0.4) is 0 Å². The molecule has 3 heterocycles. The largest absolute Gasteiger partial charge is 0.453 e. The number of oxazole rings is 1. The van der Waals surface area contributed by atoms with Crippen molar-refractivity contribution in [3.8, 4) is 17.0 Å². The van der Waals surface area contributed by atoms with Crippen LogP contribution >= 0.6 is 11.6 Å². The number of amides is 3. The molecule has 5 rings (SSSR count). The van der Waals surface area contributed by atoms with Crippen LogP contribution in [0.2, 0.25) is 5.02 Å². The molecule has 0 spiro atoms. The van der Waals surface area contributed by atoms with Crippen molar-refractivity contribution in [1.29, 1.82) is 0 Å². The van der Waals surface area contributed by atoms with Gasteiger partial charge in [0.1, 0.15) is 12.4 Å². The van der Waals surface area contributed by atoms with Gasteiger partial charge in [0.2, 0.25) is 17.7 Å². The fourth-order valence-electron chi connectivity index (χ4n) is 4.24. The number of nitrogens with zero attached hydrogens (tertiary/aromatic N) is 5. The minimum Gasteiger partial charge on any atom is -0.453 e. The molecular weight excluding hydrogens is 564 g/mol. The second-order valence-corrected chi connectivity index (χ2v) is 9.53. The summed E-state index contributed by atoms with van der Waals surface area (Å²) < 4.78 is 12.2. The fraction of sp³-hybridized carbons (Fsp3) is 0.179. The number of hydrogen-bond acceptors (Lipinski definition) is 9. The number of carbonyl (C=O) groups excluding carboxylic acids is 3. The van der Waals surface area contributed by atoms with Gasteiger partial charge in [0, 0.05) is 34.3 Å². The fourth-order valence-corrected chi connectivity index (χ4v) is 4.42. The van der Waals surface area contributed by atoms with E-state index in [4.69, 9.17) is 16.0 Å². The summed E-state index contributed by atoms with van der Waals surface area (Å²) in [6.07, 6.45) is 10.1. The number of carbonyl (C=O) groups is 3. The molecule has 1 aliphatic rings. The second-order valence-electron chi connectivity index (χ2n) is 9.09. The van der Waals surface area contributed by atoms with Crippen LogP contribution in [-0.4, -0.2) is 50.2 Å². The van der Waals surface area contributed by atoms with E-state index in [1.807, 2.05) is 6.08 Å². The number of hydrogen-bond donors (Lipinski definition) is 3. The summed E-state index contributed by atoms with van der Waals surface area (Å²) >= 11 is 6.18. The first kappa shape index (κ1) is 28.2. The summed E-state index contributed by atoms with van der Waals surface area (Å²) in [6, 6.07) is 9.51. The van der Waals surface area contributed by atoms with Crippen molar-refractivity contribution in [3.05, 3.63) is 83.6 Å². The molecule has 14 heteroatoms. The molecule has 1 atom stereocenters. The molecule has 2 bridgehead atoms. The topological polar surface area (TPSA) is 166 Å². The third kappa shape index (κ3) is 6.88. The van der Waals surface area contributed by atoms with Crippen LogP contribution in [0.15, 0.2) is 71.6 Å². The summed E-state index contributed by atoms with van der Waals surface area (Å²) in [6.45, 7) is 0. The van der Waals surface area contributed by atoms with Gasteiger partial charge in [0.05, 0.1) is 24.7 Å². The SMILES string of the molecule is COC(=O)Nc1ccc2c(c1)NC(=O)C/C=C/CC[C@H](NC(=O)/C=C/c1cc(Cl)ccc1-n1cnnn1)c1ncc-2o1. The number of rotatable bonds is 5. The van der Waals surface area contributed by atoms with Crippen molar-refractivity contribution < 1.29 is 23.5 Å². The molecule has 1 aliphatic heterocycles. The average molecular weight is 589 g/mol. The highest BCUT2D eigenvalue weighted by Crippen LogP contribution is 2.33. The van der Waals surface area contributed by atoms with Gasteiger partial charge in [-0.3, -0.25) is 14.9 Å². The highest BCUT2D eigenvalue weighted by atomic mass is 35.5. The lowest BCUT2D eigenvalue weighted by Crippen LogP contribution is -2.27. The summed E-state index contributed by atoms with van der Waals surface area (Å²) in [5.41, 5.74) is 2.65. The van der Waals surface area contributed by atoms with Crippen LogP contribution in [0.1, 0.15) is 36.8 Å². The van der Waals surface area contributed by atoms with Gasteiger partial charge in [-0.05, 0) is 65.7 Å². The summed E-state index contributed by atoms with van der Waals surface area (Å²) in [7, 11) is 1.26. The number of nitrogens with one attached hydrogen (secondary N) is 3. The first-order valence-corrected chi connectivity index (χ1v) is 13.2. The van der Waals surface area contributed by atoms with E-state index in [2.05, 4.69) is 41.2 Å². The van der Waals surface area contributed by atoms with Crippen LogP contribution in [0.5, 0.6) is 0 Å². The summed E-state index contributed by atoms with van der Waals surface area (Å²) in [5, 5.41) is 20.1. The molecule has 0 radical (unpaired) electrons. The van der Waals surface area contributed by atoms with Crippen LogP contribution < -0.4 is 16.0 Å². The number of benzene rings is 2. The number of ether oxygens (including phenoxy) is 1. The normalized spacial score (nSPS) is 15.9. The maximum absolute atomic E-state index is 13.0. The van der Waals surface area contributed by atoms with Gasteiger partial charge < -0.3 is 19.8 Å². The molecule has 2 aromatic heterocycles. The van der Waals surface area contributed by atoms with E-state index < -0.39 is 12.1 Å². The number of fused-ring (bicyclic) bond motifs is 4. The molecule has 0 fully saturated rings. The molecule has 0 unspecified atom stereocenters. The van der Waals surface area contributed by atoms with Gasteiger partial charge in [-0.15, -0.1) is 5.10 Å². The van der Waals surface area contributed by atoms with Gasteiger partial charge in [-0.25, -0.2) is 9.78 Å². The molecule has 42 heavy (non-hydrogen) atoms. The molecule has 0 saturated carbocycles. The number of allylic oxidation sites excluding steroid dienone is 1. The van der Waals surface area contributed by atoms with E-state index >= 15 is 0 Å². The molecule has 13 nitrogen and oxygen atoms in total. The minimum atomic E-state index is -0.648. The Kier molecular flexibility index (Phi) is 8.68. The smallest absolute Gasteiger partial charge is 0.411 e. The zero-order valence-electron chi connectivity index (χ0n) is 22.3. The number of halogens is 1. The standard InChI is InChI=1S/C28H25ClN8O5/c1-41-28(40)32-19-9-10-20-22(14-19)34-25(38)6-4-2-3-5-21(27-30-15-24(20)42-27)33-26(39)12-7-17-13-18(29)8-11-23(17)37-16-31-35-36-37/h2,4,7-16,21H,3,5-6H2,1H3,(H,32,40)(H,33,39)(H,34,38)/b4-2+,12-7+/t21-/m0/s1. The Morgan fingerprint density at radius 3 is 2.90 bits per heavy atom. The third-order valence-electron chi connectivity index (χ3n) is 6.22. The molecule has 0 saturated heterocycles. The lowest BCUT2D eigenvalue weighted by atomic mass is 10.1.